The molecule has 1 amide bonds. The highest BCUT2D eigenvalue weighted by Gasteiger charge is 2.13. The van der Waals surface area contributed by atoms with Crippen LogP contribution in [-0.2, 0) is 11.3 Å². The molecular weight excluding hydrogens is 365 g/mol. The number of thioether (sulfide) groups is 1. The Morgan fingerprint density at radius 2 is 2.32 bits per heavy atom. The molecule has 0 spiro atoms. The van der Waals surface area contributed by atoms with E-state index in [4.69, 9.17) is 0 Å². The first-order valence-electron chi connectivity index (χ1n) is 7.70. The lowest BCUT2D eigenvalue weighted by Gasteiger charge is -2.04. The Bertz CT molecular complexity index is 949. The van der Waals surface area contributed by atoms with Crippen molar-refractivity contribution >= 4 is 44.4 Å². The number of hydrogen-bond donors (Lipinski definition) is 2. The first-order chi connectivity index (χ1) is 12.1. The van der Waals surface area contributed by atoms with Gasteiger partial charge in [-0.05, 0) is 24.6 Å². The molecule has 1 aromatic carbocycles. The fourth-order valence-corrected chi connectivity index (χ4v) is 3.84. The summed E-state index contributed by atoms with van der Waals surface area (Å²) in [5.41, 5.74) is 0.361. The largest absolute Gasteiger partial charge is 0.343 e. The zero-order valence-corrected chi connectivity index (χ0v) is 15.0. The number of hydrogen-bond acceptors (Lipinski definition) is 6. The summed E-state index contributed by atoms with van der Waals surface area (Å²) in [5, 5.41) is 9.94. The number of carbonyl (C=O) groups excluding carboxylic acids is 1. The van der Waals surface area contributed by atoms with Crippen LogP contribution in [0, 0.1) is 5.82 Å². The minimum absolute atomic E-state index is 0.0979. The van der Waals surface area contributed by atoms with E-state index in [1.54, 1.807) is 6.07 Å². The van der Waals surface area contributed by atoms with E-state index in [0.29, 0.717) is 27.0 Å². The van der Waals surface area contributed by atoms with Crippen molar-refractivity contribution in [1.82, 2.24) is 19.7 Å². The normalized spacial score (nSPS) is 11.1. The van der Waals surface area contributed by atoms with Gasteiger partial charge in [-0.3, -0.25) is 9.36 Å². The smallest absolute Gasteiger partial charge is 0.301 e. The molecule has 2 heterocycles. The first-order valence-corrected chi connectivity index (χ1v) is 9.51. The fraction of sp³-hybridized carbons (Fsp3) is 0.333. The molecule has 132 valence electrons. The number of fused-ring (bicyclic) bond motifs is 1. The fourth-order valence-electron chi connectivity index (χ4n) is 2.16. The molecule has 0 bridgehead atoms. The molecule has 0 unspecified atom stereocenters. The highest BCUT2D eigenvalue weighted by Crippen LogP contribution is 2.26. The summed E-state index contributed by atoms with van der Waals surface area (Å²) in [7, 11) is 0. The number of H-pyrrole nitrogens is 1. The zero-order valence-electron chi connectivity index (χ0n) is 13.4. The third-order valence-electron chi connectivity index (χ3n) is 3.39. The van der Waals surface area contributed by atoms with Gasteiger partial charge in [0.15, 0.2) is 10.3 Å². The number of aromatic nitrogens is 4. The van der Waals surface area contributed by atoms with Crippen LogP contribution < -0.4 is 11.0 Å². The first kappa shape index (κ1) is 17.6. The van der Waals surface area contributed by atoms with Gasteiger partial charge in [-0.15, -0.1) is 5.10 Å². The molecule has 7 nitrogen and oxygen atoms in total. The van der Waals surface area contributed by atoms with Crippen molar-refractivity contribution in [1.29, 1.82) is 0 Å². The molecule has 10 heteroatoms. The second-order valence-electron chi connectivity index (χ2n) is 5.28. The van der Waals surface area contributed by atoms with E-state index in [9.17, 15) is 14.0 Å². The number of amides is 1. The van der Waals surface area contributed by atoms with E-state index in [2.05, 4.69) is 20.5 Å². The topological polar surface area (TPSA) is 92.7 Å². The average molecular weight is 381 g/mol. The van der Waals surface area contributed by atoms with Crippen molar-refractivity contribution in [3.05, 3.63) is 34.5 Å². The van der Waals surface area contributed by atoms with Crippen LogP contribution in [-0.4, -0.2) is 31.4 Å². The van der Waals surface area contributed by atoms with Crippen LogP contribution in [0.25, 0.3) is 10.2 Å². The standard InChI is InChI=1S/C15H16FN5O2S2/c1-2-3-6-21-14(23)19-20-15(21)24-8-12(22)18-13-17-10-5-4-9(16)7-11(10)25-13/h4-5,7H,2-3,6,8H2,1H3,(H,19,23)(H,17,18,22). The number of unbranched alkanes of at least 4 members (excludes halogenated alkanes) is 1. The molecule has 0 atom stereocenters. The summed E-state index contributed by atoms with van der Waals surface area (Å²) >= 11 is 2.39. The highest BCUT2D eigenvalue weighted by molar-refractivity contribution is 7.99. The zero-order chi connectivity index (χ0) is 17.8. The van der Waals surface area contributed by atoms with E-state index < -0.39 is 0 Å². The maximum absolute atomic E-state index is 13.2. The summed E-state index contributed by atoms with van der Waals surface area (Å²) in [6.07, 6.45) is 1.82. The average Bonchev–Trinajstić information content (AvgIpc) is 3.13. The minimum atomic E-state index is -0.340. The van der Waals surface area contributed by atoms with Crippen molar-refractivity contribution < 1.29 is 9.18 Å². The predicted molar refractivity (Wildman–Crippen MR) is 96.7 cm³/mol. The molecule has 0 aliphatic rings. The summed E-state index contributed by atoms with van der Waals surface area (Å²) in [4.78, 5) is 28.0. The van der Waals surface area contributed by atoms with E-state index in [1.807, 2.05) is 6.92 Å². The molecule has 0 saturated heterocycles. The van der Waals surface area contributed by atoms with Crippen molar-refractivity contribution in [2.24, 2.45) is 0 Å². The highest BCUT2D eigenvalue weighted by atomic mass is 32.2. The van der Waals surface area contributed by atoms with Gasteiger partial charge in [-0.2, -0.15) is 0 Å². The van der Waals surface area contributed by atoms with Crippen LogP contribution in [0.1, 0.15) is 19.8 Å². The van der Waals surface area contributed by atoms with Crippen molar-refractivity contribution in [2.75, 3.05) is 11.1 Å². The van der Waals surface area contributed by atoms with Gasteiger partial charge < -0.3 is 5.32 Å². The Balaban J connectivity index is 1.62. The Morgan fingerprint density at radius 1 is 1.48 bits per heavy atom. The van der Waals surface area contributed by atoms with Gasteiger partial charge in [-0.25, -0.2) is 19.3 Å². The molecule has 2 aromatic heterocycles. The van der Waals surface area contributed by atoms with Crippen LogP contribution in [0.15, 0.2) is 28.2 Å². The third kappa shape index (κ3) is 4.26. The molecule has 0 saturated carbocycles. The van der Waals surface area contributed by atoms with Crippen LogP contribution in [0.2, 0.25) is 0 Å². The summed E-state index contributed by atoms with van der Waals surface area (Å²) < 4.78 is 15.4. The minimum Gasteiger partial charge on any atom is -0.301 e. The van der Waals surface area contributed by atoms with Gasteiger partial charge in [0.1, 0.15) is 5.82 Å². The number of aromatic amines is 1. The van der Waals surface area contributed by atoms with E-state index in [1.165, 1.54) is 39.8 Å². The summed E-state index contributed by atoms with van der Waals surface area (Å²) in [6, 6.07) is 4.28. The maximum Gasteiger partial charge on any atom is 0.343 e. The summed E-state index contributed by atoms with van der Waals surface area (Å²) in [6.45, 7) is 2.61. The molecule has 3 aromatic rings. The number of rotatable bonds is 7. The molecule has 0 aliphatic carbocycles. The molecule has 0 fully saturated rings. The maximum atomic E-state index is 13.2. The van der Waals surface area contributed by atoms with Gasteiger partial charge in [0.2, 0.25) is 5.91 Å². The predicted octanol–water partition coefficient (Wildman–Crippen LogP) is 2.85. The van der Waals surface area contributed by atoms with Crippen LogP contribution >= 0.6 is 23.1 Å². The molecular formula is C15H16FN5O2S2. The van der Waals surface area contributed by atoms with E-state index in [-0.39, 0.29) is 23.2 Å². The van der Waals surface area contributed by atoms with Crippen molar-refractivity contribution in [3.63, 3.8) is 0 Å². The number of carbonyl (C=O) groups is 1. The van der Waals surface area contributed by atoms with Gasteiger partial charge in [-0.1, -0.05) is 36.4 Å². The van der Waals surface area contributed by atoms with Crippen LogP contribution in [0.3, 0.4) is 0 Å². The van der Waals surface area contributed by atoms with E-state index >= 15 is 0 Å². The van der Waals surface area contributed by atoms with Gasteiger partial charge in [0.05, 0.1) is 16.0 Å². The number of nitrogens with zero attached hydrogens (tertiary/aromatic N) is 3. The Labute approximate surface area is 150 Å². The van der Waals surface area contributed by atoms with Crippen molar-refractivity contribution in [3.8, 4) is 0 Å². The van der Waals surface area contributed by atoms with Gasteiger partial charge in [0, 0.05) is 6.54 Å². The molecule has 0 aliphatic heterocycles. The SMILES string of the molecule is CCCCn1c(SCC(=O)Nc2nc3ccc(F)cc3s2)n[nH]c1=O. The second-order valence-corrected chi connectivity index (χ2v) is 7.26. The molecule has 25 heavy (non-hydrogen) atoms. The Morgan fingerprint density at radius 3 is 3.12 bits per heavy atom. The molecule has 3 rings (SSSR count). The number of benzene rings is 1. The van der Waals surface area contributed by atoms with Gasteiger partial charge >= 0.3 is 5.69 Å². The van der Waals surface area contributed by atoms with Crippen LogP contribution in [0.4, 0.5) is 9.52 Å². The third-order valence-corrected chi connectivity index (χ3v) is 5.30. The quantitative estimate of drug-likeness (QED) is 0.614. The summed E-state index contributed by atoms with van der Waals surface area (Å²) in [5.74, 6) is -0.504. The van der Waals surface area contributed by atoms with Gasteiger partial charge in [0.25, 0.3) is 0 Å². The number of halogens is 1. The Kier molecular flexibility index (Phi) is 5.49. The lowest BCUT2D eigenvalue weighted by molar-refractivity contribution is -0.113. The number of anilines is 1. The van der Waals surface area contributed by atoms with Crippen LogP contribution in [0.5, 0.6) is 0 Å². The number of thiazole rings is 1. The van der Waals surface area contributed by atoms with E-state index in [0.717, 1.165) is 12.8 Å². The monoisotopic (exact) mass is 381 g/mol. The Hall–Kier alpha value is -2.20. The molecule has 0 radical (unpaired) electrons. The van der Waals surface area contributed by atoms with Crippen molar-refractivity contribution in [2.45, 2.75) is 31.5 Å². The number of nitrogens with one attached hydrogen (secondary N) is 2. The molecule has 2 N–H and O–H groups in total. The second kappa shape index (κ2) is 7.79. The lowest BCUT2D eigenvalue weighted by atomic mass is 10.3. The lowest BCUT2D eigenvalue weighted by Crippen LogP contribution is -2.18.